The number of benzene rings is 1. The Hall–Kier alpha value is -1.97. The Morgan fingerprint density at radius 3 is 2.56 bits per heavy atom. The number of aryl methyl sites for hydroxylation is 2. The molecule has 84 valence electrons. The number of aromatic nitrogens is 2. The van der Waals surface area contributed by atoms with E-state index in [0.717, 1.165) is 22.8 Å². The maximum atomic E-state index is 5.86. The van der Waals surface area contributed by atoms with Crippen molar-refractivity contribution in [3.05, 3.63) is 29.7 Å². The molecule has 1 heterocycles. The fraction of sp³-hybridized carbons (Fsp3) is 0.250. The summed E-state index contributed by atoms with van der Waals surface area (Å²) in [5, 5.41) is 0. The minimum Gasteiger partial charge on any atom is -0.495 e. The van der Waals surface area contributed by atoms with Gasteiger partial charge in [-0.05, 0) is 32.0 Å². The molecule has 0 amide bonds. The summed E-state index contributed by atoms with van der Waals surface area (Å²) < 4.78 is 5.12. The zero-order valence-electron chi connectivity index (χ0n) is 9.66. The number of imidazole rings is 1. The molecule has 0 spiro atoms. The van der Waals surface area contributed by atoms with Crippen LogP contribution in [0.25, 0.3) is 11.3 Å². The summed E-state index contributed by atoms with van der Waals surface area (Å²) in [7, 11) is 1.61. The average molecular weight is 217 g/mol. The molecule has 0 radical (unpaired) electrons. The molecule has 0 bridgehead atoms. The van der Waals surface area contributed by atoms with Gasteiger partial charge in [-0.15, -0.1) is 0 Å². The number of methoxy groups -OCH3 is 1. The second-order valence-electron chi connectivity index (χ2n) is 3.75. The molecule has 0 fully saturated rings. The molecule has 0 aliphatic heterocycles. The van der Waals surface area contributed by atoms with Crippen LogP contribution in [-0.4, -0.2) is 17.1 Å². The van der Waals surface area contributed by atoms with Crippen molar-refractivity contribution in [2.45, 2.75) is 13.8 Å². The fourth-order valence-electron chi connectivity index (χ4n) is 1.77. The quantitative estimate of drug-likeness (QED) is 0.758. The number of nitrogens with two attached hydrogens (primary N) is 1. The molecule has 0 saturated carbocycles. The lowest BCUT2D eigenvalue weighted by atomic mass is 10.1. The number of nitrogens with zero attached hydrogens (tertiary/aromatic N) is 1. The highest BCUT2D eigenvalue weighted by Crippen LogP contribution is 2.28. The van der Waals surface area contributed by atoms with Crippen molar-refractivity contribution < 1.29 is 4.74 Å². The molecule has 16 heavy (non-hydrogen) atoms. The molecule has 0 unspecified atom stereocenters. The third kappa shape index (κ3) is 1.74. The molecule has 4 heteroatoms. The lowest BCUT2D eigenvalue weighted by molar-refractivity contribution is 0.417. The normalized spacial score (nSPS) is 10.4. The Morgan fingerprint density at radius 2 is 2.06 bits per heavy atom. The predicted molar refractivity (Wildman–Crippen MR) is 64.5 cm³/mol. The van der Waals surface area contributed by atoms with E-state index in [4.69, 9.17) is 10.5 Å². The van der Waals surface area contributed by atoms with Gasteiger partial charge < -0.3 is 15.5 Å². The number of hydrogen-bond acceptors (Lipinski definition) is 3. The van der Waals surface area contributed by atoms with E-state index in [1.54, 1.807) is 7.11 Å². The van der Waals surface area contributed by atoms with Gasteiger partial charge in [0.25, 0.3) is 0 Å². The number of ether oxygens (including phenoxy) is 1. The number of anilines is 1. The van der Waals surface area contributed by atoms with Gasteiger partial charge in [-0.1, -0.05) is 0 Å². The number of nitrogens with one attached hydrogen (secondary N) is 1. The van der Waals surface area contributed by atoms with Crippen LogP contribution in [0.4, 0.5) is 5.69 Å². The fourth-order valence-corrected chi connectivity index (χ4v) is 1.77. The van der Waals surface area contributed by atoms with Gasteiger partial charge in [0, 0.05) is 11.3 Å². The van der Waals surface area contributed by atoms with E-state index < -0.39 is 0 Å². The standard InChI is InChI=1S/C12H15N3O/c1-7-12(15-8(2)14-7)9-4-5-11(16-3)10(13)6-9/h4-6H,13H2,1-3H3,(H,14,15). The summed E-state index contributed by atoms with van der Waals surface area (Å²) in [6.45, 7) is 3.93. The van der Waals surface area contributed by atoms with Gasteiger partial charge in [0.2, 0.25) is 0 Å². The van der Waals surface area contributed by atoms with Crippen molar-refractivity contribution in [3.8, 4) is 17.0 Å². The Morgan fingerprint density at radius 1 is 1.31 bits per heavy atom. The van der Waals surface area contributed by atoms with Gasteiger partial charge in [0.05, 0.1) is 18.5 Å². The molecule has 1 aromatic carbocycles. The molecular formula is C12H15N3O. The van der Waals surface area contributed by atoms with Crippen LogP contribution in [0.3, 0.4) is 0 Å². The first-order chi connectivity index (χ1) is 7.61. The Bertz CT molecular complexity index is 517. The van der Waals surface area contributed by atoms with Gasteiger partial charge in [-0.2, -0.15) is 0 Å². The van der Waals surface area contributed by atoms with Crippen molar-refractivity contribution in [1.82, 2.24) is 9.97 Å². The van der Waals surface area contributed by atoms with Crippen molar-refractivity contribution in [2.75, 3.05) is 12.8 Å². The number of aromatic amines is 1. The number of rotatable bonds is 2. The van der Waals surface area contributed by atoms with E-state index in [0.29, 0.717) is 11.4 Å². The summed E-state index contributed by atoms with van der Waals surface area (Å²) in [5.41, 5.74) is 9.47. The molecule has 2 rings (SSSR count). The largest absolute Gasteiger partial charge is 0.495 e. The zero-order chi connectivity index (χ0) is 11.7. The monoisotopic (exact) mass is 217 g/mol. The van der Waals surface area contributed by atoms with Crippen LogP contribution in [0.5, 0.6) is 5.75 Å². The zero-order valence-corrected chi connectivity index (χ0v) is 9.66. The Balaban J connectivity index is 2.49. The van der Waals surface area contributed by atoms with E-state index in [1.165, 1.54) is 0 Å². The van der Waals surface area contributed by atoms with E-state index in [9.17, 15) is 0 Å². The molecule has 0 saturated heterocycles. The molecular weight excluding hydrogens is 202 g/mol. The third-order valence-electron chi connectivity index (χ3n) is 2.51. The van der Waals surface area contributed by atoms with Gasteiger partial charge in [-0.3, -0.25) is 0 Å². The third-order valence-corrected chi connectivity index (χ3v) is 2.51. The maximum absolute atomic E-state index is 5.86. The van der Waals surface area contributed by atoms with E-state index in [-0.39, 0.29) is 0 Å². The van der Waals surface area contributed by atoms with Crippen LogP contribution in [0.1, 0.15) is 11.5 Å². The van der Waals surface area contributed by atoms with Crippen molar-refractivity contribution >= 4 is 5.69 Å². The van der Waals surface area contributed by atoms with Crippen LogP contribution in [0, 0.1) is 13.8 Å². The Labute approximate surface area is 94.5 Å². The maximum Gasteiger partial charge on any atom is 0.141 e. The summed E-state index contributed by atoms with van der Waals surface area (Å²) in [5.74, 6) is 1.59. The molecule has 3 N–H and O–H groups in total. The van der Waals surface area contributed by atoms with Gasteiger partial charge in [-0.25, -0.2) is 4.98 Å². The van der Waals surface area contributed by atoms with Crippen LogP contribution < -0.4 is 10.5 Å². The topological polar surface area (TPSA) is 63.9 Å². The summed E-state index contributed by atoms with van der Waals surface area (Å²) in [6.07, 6.45) is 0. The van der Waals surface area contributed by atoms with Crippen molar-refractivity contribution in [1.29, 1.82) is 0 Å². The number of hydrogen-bond donors (Lipinski definition) is 2. The minimum atomic E-state index is 0.625. The number of nitrogen functional groups attached to an aromatic ring is 1. The summed E-state index contributed by atoms with van der Waals surface area (Å²) in [6, 6.07) is 5.69. The summed E-state index contributed by atoms with van der Waals surface area (Å²) >= 11 is 0. The molecule has 2 aromatic rings. The highest BCUT2D eigenvalue weighted by molar-refractivity contribution is 5.69. The molecule has 0 atom stereocenters. The lowest BCUT2D eigenvalue weighted by Gasteiger charge is -2.06. The smallest absolute Gasteiger partial charge is 0.141 e. The van der Waals surface area contributed by atoms with E-state index in [1.807, 2.05) is 32.0 Å². The lowest BCUT2D eigenvalue weighted by Crippen LogP contribution is -1.93. The van der Waals surface area contributed by atoms with Crippen molar-refractivity contribution in [3.63, 3.8) is 0 Å². The van der Waals surface area contributed by atoms with Crippen LogP contribution in [-0.2, 0) is 0 Å². The molecule has 4 nitrogen and oxygen atoms in total. The molecule has 0 aliphatic carbocycles. The first-order valence-corrected chi connectivity index (χ1v) is 5.09. The highest BCUT2D eigenvalue weighted by Gasteiger charge is 2.08. The van der Waals surface area contributed by atoms with Crippen LogP contribution in [0.15, 0.2) is 18.2 Å². The highest BCUT2D eigenvalue weighted by atomic mass is 16.5. The average Bonchev–Trinajstić information content (AvgIpc) is 2.58. The van der Waals surface area contributed by atoms with E-state index in [2.05, 4.69) is 9.97 Å². The first kappa shape index (κ1) is 10.5. The SMILES string of the molecule is COc1ccc(-c2nc(C)[nH]c2C)cc1N. The summed E-state index contributed by atoms with van der Waals surface area (Å²) in [4.78, 5) is 7.60. The van der Waals surface area contributed by atoms with Gasteiger partial charge in [0.15, 0.2) is 0 Å². The minimum absolute atomic E-state index is 0.625. The molecule has 1 aromatic heterocycles. The second-order valence-corrected chi connectivity index (χ2v) is 3.75. The number of H-pyrrole nitrogens is 1. The second kappa shape index (κ2) is 3.89. The van der Waals surface area contributed by atoms with Gasteiger partial charge >= 0.3 is 0 Å². The van der Waals surface area contributed by atoms with E-state index >= 15 is 0 Å². The van der Waals surface area contributed by atoms with Gasteiger partial charge in [0.1, 0.15) is 11.6 Å². The Kier molecular flexibility index (Phi) is 2.56. The predicted octanol–water partition coefficient (Wildman–Crippen LogP) is 2.28. The first-order valence-electron chi connectivity index (χ1n) is 5.09. The van der Waals surface area contributed by atoms with Crippen LogP contribution >= 0.6 is 0 Å². The van der Waals surface area contributed by atoms with Crippen LogP contribution in [0.2, 0.25) is 0 Å². The molecule has 0 aliphatic rings. The van der Waals surface area contributed by atoms with Crippen molar-refractivity contribution in [2.24, 2.45) is 0 Å².